The summed E-state index contributed by atoms with van der Waals surface area (Å²) >= 11 is 0. The molecule has 5 rings (SSSR count). The van der Waals surface area contributed by atoms with Crippen LogP contribution in [-0.2, 0) is 11.2 Å². The number of hydrogen-bond donors (Lipinski definition) is 2. The molecular weight excluding hydrogens is 388 g/mol. The molecule has 156 valence electrons. The third-order valence-electron chi connectivity index (χ3n) is 5.80. The summed E-state index contributed by atoms with van der Waals surface area (Å²) in [6.45, 7) is 4.88. The lowest BCUT2D eigenvalue weighted by Gasteiger charge is -2.19. The van der Waals surface area contributed by atoms with Crippen LogP contribution >= 0.6 is 0 Å². The largest absolute Gasteiger partial charge is 0.461 e. The maximum atomic E-state index is 13.1. The van der Waals surface area contributed by atoms with Gasteiger partial charge in [0, 0.05) is 35.2 Å². The predicted molar refractivity (Wildman–Crippen MR) is 122 cm³/mol. The predicted octanol–water partition coefficient (Wildman–Crippen LogP) is 4.95. The minimum Gasteiger partial charge on any atom is -0.461 e. The first-order chi connectivity index (χ1) is 15.1. The quantitative estimate of drug-likeness (QED) is 0.486. The number of carbonyl (C=O) groups excluding carboxylic acids is 1. The van der Waals surface area contributed by atoms with Gasteiger partial charge in [-0.2, -0.15) is 0 Å². The van der Waals surface area contributed by atoms with E-state index in [0.717, 1.165) is 51.7 Å². The number of fused-ring (bicyclic) bond motifs is 1. The molecule has 6 heteroatoms. The minimum absolute atomic E-state index is 0.0524. The lowest BCUT2D eigenvalue weighted by molar-refractivity contribution is -0.116. The average Bonchev–Trinajstić information content (AvgIpc) is 3.53. The zero-order valence-electron chi connectivity index (χ0n) is 17.6. The number of hydrogen-bond acceptors (Lipinski definition) is 4. The van der Waals surface area contributed by atoms with E-state index in [-0.39, 0.29) is 12.5 Å². The first-order valence-electron chi connectivity index (χ1n) is 10.4. The van der Waals surface area contributed by atoms with Crippen molar-refractivity contribution in [3.05, 3.63) is 77.9 Å². The van der Waals surface area contributed by atoms with Gasteiger partial charge < -0.3 is 19.6 Å². The highest BCUT2D eigenvalue weighted by molar-refractivity contribution is 5.99. The van der Waals surface area contributed by atoms with Crippen molar-refractivity contribution in [2.45, 2.75) is 20.3 Å². The Bertz CT molecular complexity index is 1240. The van der Waals surface area contributed by atoms with Crippen LogP contribution in [-0.4, -0.2) is 29.0 Å². The first-order valence-corrected chi connectivity index (χ1v) is 10.4. The van der Waals surface area contributed by atoms with Crippen molar-refractivity contribution in [2.75, 3.05) is 23.3 Å². The average molecular weight is 412 g/mol. The Hall–Kier alpha value is -3.80. The third-order valence-corrected chi connectivity index (χ3v) is 5.80. The molecule has 0 spiro atoms. The standard InChI is InChI=1S/C25H24N4O2/c1-16-6-8-18(24-9-7-17(2)31-24)12-21(16)27-14-25(30)29-11-10-20-19(4-3-5-23(20)29)22-13-26-15-28-22/h3-9,12-13,15,27H,10-11,14H2,1-2H3,(H,26,28). The number of rotatable bonds is 5. The molecule has 1 aliphatic heterocycles. The molecule has 31 heavy (non-hydrogen) atoms. The van der Waals surface area contributed by atoms with E-state index in [0.29, 0.717) is 6.54 Å². The SMILES string of the molecule is Cc1ccc(-c2ccc(C)c(NCC(=O)N3CCc4c(-c5c[nH]cn5)cccc43)c2)o1. The summed E-state index contributed by atoms with van der Waals surface area (Å²) < 4.78 is 5.74. The van der Waals surface area contributed by atoms with Gasteiger partial charge in [-0.1, -0.05) is 24.3 Å². The van der Waals surface area contributed by atoms with Gasteiger partial charge in [0.05, 0.1) is 18.6 Å². The van der Waals surface area contributed by atoms with Gasteiger partial charge in [-0.25, -0.2) is 4.98 Å². The number of aromatic nitrogens is 2. The highest BCUT2D eigenvalue weighted by Gasteiger charge is 2.27. The number of anilines is 2. The second-order valence-electron chi connectivity index (χ2n) is 7.85. The van der Waals surface area contributed by atoms with Crippen molar-refractivity contribution < 1.29 is 9.21 Å². The summed E-state index contributed by atoms with van der Waals surface area (Å²) in [5.41, 5.74) is 7.15. The van der Waals surface area contributed by atoms with Crippen LogP contribution in [0, 0.1) is 13.8 Å². The fourth-order valence-corrected chi connectivity index (χ4v) is 4.16. The summed E-state index contributed by atoms with van der Waals surface area (Å²) in [6, 6.07) is 16.1. The molecular formula is C25H24N4O2. The van der Waals surface area contributed by atoms with E-state index in [2.05, 4.69) is 21.4 Å². The van der Waals surface area contributed by atoms with E-state index in [4.69, 9.17) is 4.42 Å². The number of aryl methyl sites for hydroxylation is 2. The Morgan fingerprint density at radius 3 is 2.87 bits per heavy atom. The fraction of sp³-hybridized carbons (Fsp3) is 0.200. The number of imidazole rings is 1. The highest BCUT2D eigenvalue weighted by Crippen LogP contribution is 2.35. The van der Waals surface area contributed by atoms with Gasteiger partial charge >= 0.3 is 0 Å². The molecule has 0 bridgehead atoms. The first kappa shape index (κ1) is 19.2. The smallest absolute Gasteiger partial charge is 0.246 e. The Morgan fingerprint density at radius 2 is 2.10 bits per heavy atom. The second-order valence-corrected chi connectivity index (χ2v) is 7.85. The summed E-state index contributed by atoms with van der Waals surface area (Å²) in [6.07, 6.45) is 4.39. The molecule has 2 N–H and O–H groups in total. The molecule has 0 saturated carbocycles. The number of furan rings is 1. The number of nitrogens with zero attached hydrogens (tertiary/aromatic N) is 2. The second kappa shape index (κ2) is 7.80. The molecule has 0 atom stereocenters. The van der Waals surface area contributed by atoms with E-state index in [1.165, 1.54) is 5.56 Å². The van der Waals surface area contributed by atoms with Gasteiger partial charge in [-0.3, -0.25) is 4.79 Å². The van der Waals surface area contributed by atoms with E-state index in [1.54, 1.807) is 6.33 Å². The molecule has 1 amide bonds. The van der Waals surface area contributed by atoms with Gasteiger partial charge in [-0.05, 0) is 55.7 Å². The molecule has 4 aromatic rings. The van der Waals surface area contributed by atoms with Crippen molar-refractivity contribution in [1.82, 2.24) is 9.97 Å². The molecule has 0 radical (unpaired) electrons. The van der Waals surface area contributed by atoms with Crippen LogP contribution < -0.4 is 10.2 Å². The number of nitrogens with one attached hydrogen (secondary N) is 2. The lowest BCUT2D eigenvalue weighted by atomic mass is 10.0. The van der Waals surface area contributed by atoms with Crippen LogP contribution in [0.25, 0.3) is 22.6 Å². The van der Waals surface area contributed by atoms with Gasteiger partial charge in [0.25, 0.3) is 0 Å². The maximum absolute atomic E-state index is 13.1. The van der Waals surface area contributed by atoms with Gasteiger partial charge in [-0.15, -0.1) is 0 Å². The summed E-state index contributed by atoms with van der Waals surface area (Å²) in [4.78, 5) is 22.3. The van der Waals surface area contributed by atoms with Crippen LogP contribution in [0.2, 0.25) is 0 Å². The number of aromatic amines is 1. The van der Waals surface area contributed by atoms with Gasteiger partial charge in [0.1, 0.15) is 11.5 Å². The lowest BCUT2D eigenvalue weighted by Crippen LogP contribution is -2.34. The third kappa shape index (κ3) is 3.61. The molecule has 1 aliphatic rings. The normalized spacial score (nSPS) is 12.8. The van der Waals surface area contributed by atoms with Crippen molar-refractivity contribution in [1.29, 1.82) is 0 Å². The zero-order chi connectivity index (χ0) is 21.4. The minimum atomic E-state index is 0.0524. The van der Waals surface area contributed by atoms with Crippen LogP contribution in [0.5, 0.6) is 0 Å². The van der Waals surface area contributed by atoms with E-state index >= 15 is 0 Å². The van der Waals surface area contributed by atoms with Crippen LogP contribution in [0.4, 0.5) is 11.4 Å². The number of H-pyrrole nitrogens is 1. The van der Waals surface area contributed by atoms with E-state index < -0.39 is 0 Å². The Balaban J connectivity index is 1.33. The Labute approximate surface area is 180 Å². The van der Waals surface area contributed by atoms with Crippen molar-refractivity contribution in [2.24, 2.45) is 0 Å². The fourth-order valence-electron chi connectivity index (χ4n) is 4.16. The molecule has 0 fully saturated rings. The van der Waals surface area contributed by atoms with Crippen molar-refractivity contribution >= 4 is 17.3 Å². The summed E-state index contributed by atoms with van der Waals surface area (Å²) in [5, 5.41) is 3.33. The Kier molecular flexibility index (Phi) is 4.82. The highest BCUT2D eigenvalue weighted by atomic mass is 16.3. The van der Waals surface area contributed by atoms with Crippen LogP contribution in [0.3, 0.4) is 0 Å². The Morgan fingerprint density at radius 1 is 1.19 bits per heavy atom. The van der Waals surface area contributed by atoms with Crippen LogP contribution in [0.1, 0.15) is 16.9 Å². The molecule has 0 aliphatic carbocycles. The zero-order valence-corrected chi connectivity index (χ0v) is 17.6. The molecule has 2 aromatic carbocycles. The number of carbonyl (C=O) groups is 1. The summed E-state index contributed by atoms with van der Waals surface area (Å²) in [7, 11) is 0. The molecule has 6 nitrogen and oxygen atoms in total. The van der Waals surface area contributed by atoms with E-state index in [1.807, 2.05) is 67.4 Å². The van der Waals surface area contributed by atoms with Crippen molar-refractivity contribution in [3.8, 4) is 22.6 Å². The maximum Gasteiger partial charge on any atom is 0.246 e. The van der Waals surface area contributed by atoms with Crippen LogP contribution in [0.15, 0.2) is 65.5 Å². The van der Waals surface area contributed by atoms with E-state index in [9.17, 15) is 4.79 Å². The molecule has 3 heterocycles. The van der Waals surface area contributed by atoms with Gasteiger partial charge in [0.2, 0.25) is 5.91 Å². The molecule has 0 unspecified atom stereocenters. The molecule has 0 saturated heterocycles. The van der Waals surface area contributed by atoms with Gasteiger partial charge in [0.15, 0.2) is 0 Å². The number of benzene rings is 2. The summed E-state index contributed by atoms with van der Waals surface area (Å²) in [5.74, 6) is 1.75. The monoisotopic (exact) mass is 412 g/mol. The molecule has 2 aromatic heterocycles. The topological polar surface area (TPSA) is 74.2 Å². The number of amides is 1. The van der Waals surface area contributed by atoms with Crippen molar-refractivity contribution in [3.63, 3.8) is 0 Å².